The Balaban J connectivity index is 3.85. The van der Waals surface area contributed by atoms with Crippen molar-refractivity contribution in [1.82, 2.24) is 10.6 Å². The fraction of sp³-hybridized carbons (Fsp3) is 1.00. The van der Waals surface area contributed by atoms with E-state index in [-0.39, 0.29) is 0 Å². The van der Waals surface area contributed by atoms with E-state index in [0.29, 0.717) is 12.1 Å². The fourth-order valence-corrected chi connectivity index (χ4v) is 1.65. The van der Waals surface area contributed by atoms with Gasteiger partial charge in [0.1, 0.15) is 0 Å². The van der Waals surface area contributed by atoms with Gasteiger partial charge in [-0.05, 0) is 31.3 Å². The molecular formula is C14H32N2. The van der Waals surface area contributed by atoms with Crippen LogP contribution in [0.25, 0.3) is 0 Å². The van der Waals surface area contributed by atoms with Crippen LogP contribution in [0.2, 0.25) is 0 Å². The average Bonchev–Trinajstić information content (AvgIpc) is 2.15. The molecule has 16 heavy (non-hydrogen) atoms. The van der Waals surface area contributed by atoms with E-state index in [9.17, 15) is 0 Å². The van der Waals surface area contributed by atoms with Gasteiger partial charge in [0.15, 0.2) is 0 Å². The Labute approximate surface area is 103 Å². The Morgan fingerprint density at radius 2 is 1.12 bits per heavy atom. The highest BCUT2D eigenvalue weighted by Crippen LogP contribution is 2.11. The Bertz CT molecular complexity index is 124. The van der Waals surface area contributed by atoms with Crippen LogP contribution < -0.4 is 10.6 Å². The van der Waals surface area contributed by atoms with Crippen LogP contribution in [-0.4, -0.2) is 25.2 Å². The summed E-state index contributed by atoms with van der Waals surface area (Å²) in [5.41, 5.74) is 0. The number of nitrogens with one attached hydrogen (secondary N) is 2. The van der Waals surface area contributed by atoms with E-state index in [1.165, 1.54) is 12.8 Å². The lowest BCUT2D eigenvalue weighted by molar-refractivity contribution is 0.361. The molecule has 0 radical (unpaired) electrons. The molecule has 0 rings (SSSR count). The number of rotatable bonds is 9. The largest absolute Gasteiger partial charge is 0.314 e. The third kappa shape index (κ3) is 10.4. The van der Waals surface area contributed by atoms with Crippen LogP contribution in [0, 0.1) is 11.8 Å². The lowest BCUT2D eigenvalue weighted by Crippen LogP contribution is -2.36. The van der Waals surface area contributed by atoms with Crippen molar-refractivity contribution in [3.63, 3.8) is 0 Å². The van der Waals surface area contributed by atoms with Crippen LogP contribution in [0.1, 0.15) is 54.4 Å². The van der Waals surface area contributed by atoms with Crippen molar-refractivity contribution >= 4 is 0 Å². The van der Waals surface area contributed by atoms with E-state index in [0.717, 1.165) is 24.9 Å². The zero-order valence-corrected chi connectivity index (χ0v) is 12.1. The zero-order chi connectivity index (χ0) is 12.6. The van der Waals surface area contributed by atoms with Gasteiger partial charge in [0, 0.05) is 12.1 Å². The molecule has 0 aromatic carbocycles. The normalized spacial score (nSPS) is 12.4. The second kappa shape index (κ2) is 9.00. The standard InChI is InChI=1S/C14H32N2/c1-11(2)7-8-14(9-15-12(3)4)10-16-13(5)6/h11-16H,7-10H2,1-6H3. The second-order valence-corrected chi connectivity index (χ2v) is 5.96. The van der Waals surface area contributed by atoms with Crippen molar-refractivity contribution in [2.24, 2.45) is 11.8 Å². The molecule has 0 aromatic heterocycles. The molecule has 0 spiro atoms. The predicted octanol–water partition coefficient (Wildman–Crippen LogP) is 3.03. The summed E-state index contributed by atoms with van der Waals surface area (Å²) < 4.78 is 0. The van der Waals surface area contributed by atoms with Crippen LogP contribution in [0.3, 0.4) is 0 Å². The molecule has 0 saturated heterocycles. The Morgan fingerprint density at radius 3 is 1.44 bits per heavy atom. The van der Waals surface area contributed by atoms with Gasteiger partial charge in [0.25, 0.3) is 0 Å². The minimum Gasteiger partial charge on any atom is -0.314 e. The fourth-order valence-electron chi connectivity index (χ4n) is 1.65. The van der Waals surface area contributed by atoms with Gasteiger partial charge in [-0.1, -0.05) is 48.0 Å². The quantitative estimate of drug-likeness (QED) is 0.634. The highest BCUT2D eigenvalue weighted by molar-refractivity contribution is 4.69. The van der Waals surface area contributed by atoms with E-state index >= 15 is 0 Å². The maximum absolute atomic E-state index is 3.55. The molecule has 2 nitrogen and oxygen atoms in total. The first-order valence-corrected chi connectivity index (χ1v) is 6.88. The smallest absolute Gasteiger partial charge is 0.00105 e. The maximum Gasteiger partial charge on any atom is 0.00105 e. The maximum atomic E-state index is 3.55. The lowest BCUT2D eigenvalue weighted by atomic mass is 9.97. The van der Waals surface area contributed by atoms with Gasteiger partial charge in [-0.15, -0.1) is 0 Å². The lowest BCUT2D eigenvalue weighted by Gasteiger charge is -2.22. The van der Waals surface area contributed by atoms with E-state index in [4.69, 9.17) is 0 Å². The minimum absolute atomic E-state index is 0.598. The molecule has 0 bridgehead atoms. The molecule has 0 aliphatic heterocycles. The van der Waals surface area contributed by atoms with E-state index in [2.05, 4.69) is 52.2 Å². The van der Waals surface area contributed by atoms with Crippen molar-refractivity contribution in [3.8, 4) is 0 Å². The van der Waals surface area contributed by atoms with Crippen molar-refractivity contribution in [3.05, 3.63) is 0 Å². The van der Waals surface area contributed by atoms with Gasteiger partial charge in [0.2, 0.25) is 0 Å². The van der Waals surface area contributed by atoms with E-state index in [1.807, 2.05) is 0 Å². The summed E-state index contributed by atoms with van der Waals surface area (Å²) in [5.74, 6) is 1.59. The van der Waals surface area contributed by atoms with Crippen LogP contribution in [-0.2, 0) is 0 Å². The van der Waals surface area contributed by atoms with Crippen LogP contribution in [0.5, 0.6) is 0 Å². The predicted molar refractivity (Wildman–Crippen MR) is 73.8 cm³/mol. The van der Waals surface area contributed by atoms with Crippen molar-refractivity contribution in [2.75, 3.05) is 13.1 Å². The molecule has 0 aliphatic rings. The van der Waals surface area contributed by atoms with Gasteiger partial charge in [-0.2, -0.15) is 0 Å². The molecule has 2 heteroatoms. The molecule has 0 heterocycles. The molecule has 0 fully saturated rings. The molecule has 2 N–H and O–H groups in total. The third-order valence-electron chi connectivity index (χ3n) is 2.78. The van der Waals surface area contributed by atoms with Gasteiger partial charge >= 0.3 is 0 Å². The van der Waals surface area contributed by atoms with Gasteiger partial charge in [-0.25, -0.2) is 0 Å². The monoisotopic (exact) mass is 228 g/mol. The molecule has 0 saturated carbocycles. The Hall–Kier alpha value is -0.0800. The molecule has 0 atom stereocenters. The zero-order valence-electron chi connectivity index (χ0n) is 12.1. The van der Waals surface area contributed by atoms with Crippen molar-refractivity contribution in [1.29, 1.82) is 0 Å². The van der Waals surface area contributed by atoms with Crippen molar-refractivity contribution in [2.45, 2.75) is 66.5 Å². The topological polar surface area (TPSA) is 24.1 Å². The Kier molecular flexibility index (Phi) is 8.96. The van der Waals surface area contributed by atoms with Gasteiger partial charge in [-0.3, -0.25) is 0 Å². The molecule has 0 aliphatic carbocycles. The van der Waals surface area contributed by atoms with E-state index < -0.39 is 0 Å². The highest BCUT2D eigenvalue weighted by atomic mass is 14.9. The molecule has 0 aromatic rings. The van der Waals surface area contributed by atoms with Gasteiger partial charge in [0.05, 0.1) is 0 Å². The minimum atomic E-state index is 0.598. The first-order valence-electron chi connectivity index (χ1n) is 6.88. The summed E-state index contributed by atoms with van der Waals surface area (Å²) in [6.07, 6.45) is 2.67. The average molecular weight is 228 g/mol. The van der Waals surface area contributed by atoms with Crippen molar-refractivity contribution < 1.29 is 0 Å². The molecule has 98 valence electrons. The van der Waals surface area contributed by atoms with Crippen LogP contribution >= 0.6 is 0 Å². The number of hydrogen-bond acceptors (Lipinski definition) is 2. The summed E-state index contributed by atoms with van der Waals surface area (Å²) in [7, 11) is 0. The second-order valence-electron chi connectivity index (χ2n) is 5.96. The van der Waals surface area contributed by atoms with Crippen LogP contribution in [0.15, 0.2) is 0 Å². The first-order chi connectivity index (χ1) is 7.41. The summed E-state index contributed by atoms with van der Waals surface area (Å²) >= 11 is 0. The molecular weight excluding hydrogens is 196 g/mol. The molecule has 0 amide bonds. The SMILES string of the molecule is CC(C)CCC(CNC(C)C)CNC(C)C. The number of hydrogen-bond donors (Lipinski definition) is 2. The first kappa shape index (κ1) is 15.9. The third-order valence-corrected chi connectivity index (χ3v) is 2.78. The summed E-state index contributed by atoms with van der Waals surface area (Å²) in [5, 5.41) is 7.11. The summed E-state index contributed by atoms with van der Waals surface area (Å²) in [6.45, 7) is 15.8. The molecule has 0 unspecified atom stereocenters. The van der Waals surface area contributed by atoms with E-state index in [1.54, 1.807) is 0 Å². The van der Waals surface area contributed by atoms with Crippen LogP contribution in [0.4, 0.5) is 0 Å². The summed E-state index contributed by atoms with van der Waals surface area (Å²) in [6, 6.07) is 1.20. The summed E-state index contributed by atoms with van der Waals surface area (Å²) in [4.78, 5) is 0. The van der Waals surface area contributed by atoms with Gasteiger partial charge < -0.3 is 10.6 Å². The Morgan fingerprint density at radius 1 is 0.688 bits per heavy atom. The highest BCUT2D eigenvalue weighted by Gasteiger charge is 2.10.